The summed E-state index contributed by atoms with van der Waals surface area (Å²) in [6.07, 6.45) is 1.57. The summed E-state index contributed by atoms with van der Waals surface area (Å²) in [7, 11) is 0. The summed E-state index contributed by atoms with van der Waals surface area (Å²) in [5.41, 5.74) is 0. The minimum absolute atomic E-state index is 0.0144. The van der Waals surface area contributed by atoms with E-state index in [1.165, 1.54) is 0 Å². The van der Waals surface area contributed by atoms with Crippen molar-refractivity contribution in [2.75, 3.05) is 13.2 Å². The Balaban J connectivity index is 1.71. The zero-order valence-electron chi connectivity index (χ0n) is 9.96. The highest BCUT2D eigenvalue weighted by atomic mass is 16.5. The van der Waals surface area contributed by atoms with Crippen molar-refractivity contribution in [3.8, 4) is 0 Å². The van der Waals surface area contributed by atoms with Crippen LogP contribution in [0.4, 0.5) is 4.79 Å². The third-order valence-corrected chi connectivity index (χ3v) is 3.28. The van der Waals surface area contributed by atoms with Gasteiger partial charge in [-0.1, -0.05) is 0 Å². The molecule has 0 spiro atoms. The molecule has 1 aliphatic carbocycles. The van der Waals surface area contributed by atoms with E-state index in [1.807, 2.05) is 0 Å². The van der Waals surface area contributed by atoms with E-state index < -0.39 is 18.1 Å². The van der Waals surface area contributed by atoms with Gasteiger partial charge in [-0.15, -0.1) is 0 Å². The zero-order valence-corrected chi connectivity index (χ0v) is 9.96. The molecule has 1 heterocycles. The maximum Gasteiger partial charge on any atom is 0.334 e. The van der Waals surface area contributed by atoms with Gasteiger partial charge in [0, 0.05) is 6.61 Å². The summed E-state index contributed by atoms with van der Waals surface area (Å²) in [5, 5.41) is 22.6. The molecule has 4 N–H and O–H groups in total. The van der Waals surface area contributed by atoms with Gasteiger partial charge in [-0.05, 0) is 25.2 Å². The molecule has 0 aromatic heterocycles. The molecule has 7 heteroatoms. The van der Waals surface area contributed by atoms with Crippen molar-refractivity contribution in [2.45, 2.75) is 37.5 Å². The van der Waals surface area contributed by atoms with Crippen LogP contribution in [0.3, 0.4) is 0 Å². The largest absolute Gasteiger partial charge is 0.479 e. The fourth-order valence-corrected chi connectivity index (χ4v) is 2.15. The monoisotopic (exact) mass is 258 g/mol. The highest BCUT2D eigenvalue weighted by Crippen LogP contribution is 2.38. The Bertz CT molecular complexity index is 331. The van der Waals surface area contributed by atoms with Gasteiger partial charge in [0.15, 0.2) is 6.10 Å². The number of hydrogen-bond acceptors (Lipinski definition) is 4. The van der Waals surface area contributed by atoms with E-state index in [1.54, 1.807) is 0 Å². The molecule has 1 saturated carbocycles. The SMILES string of the molecule is O=C(NC[C@H](O)C(=O)O)NC1CCOC1C1CC1. The van der Waals surface area contributed by atoms with Crippen molar-refractivity contribution in [2.24, 2.45) is 5.92 Å². The maximum absolute atomic E-state index is 11.5. The van der Waals surface area contributed by atoms with Crippen molar-refractivity contribution in [1.29, 1.82) is 0 Å². The van der Waals surface area contributed by atoms with Crippen molar-refractivity contribution >= 4 is 12.0 Å². The molecule has 1 aliphatic heterocycles. The molecule has 0 radical (unpaired) electrons. The second kappa shape index (κ2) is 5.53. The average molecular weight is 258 g/mol. The van der Waals surface area contributed by atoms with Gasteiger partial charge in [-0.25, -0.2) is 9.59 Å². The van der Waals surface area contributed by atoms with Gasteiger partial charge >= 0.3 is 12.0 Å². The van der Waals surface area contributed by atoms with Crippen LogP contribution in [-0.2, 0) is 9.53 Å². The van der Waals surface area contributed by atoms with E-state index in [4.69, 9.17) is 14.9 Å². The molecule has 0 bridgehead atoms. The number of aliphatic hydroxyl groups excluding tert-OH is 1. The molecule has 2 unspecified atom stereocenters. The topological polar surface area (TPSA) is 108 Å². The second-order valence-electron chi connectivity index (χ2n) is 4.78. The smallest absolute Gasteiger partial charge is 0.334 e. The molecule has 0 aromatic carbocycles. The Hall–Kier alpha value is -1.34. The maximum atomic E-state index is 11.5. The van der Waals surface area contributed by atoms with Crippen LogP contribution >= 0.6 is 0 Å². The fourth-order valence-electron chi connectivity index (χ4n) is 2.15. The van der Waals surface area contributed by atoms with Crippen molar-refractivity contribution in [3.05, 3.63) is 0 Å². The van der Waals surface area contributed by atoms with Crippen LogP contribution in [0.2, 0.25) is 0 Å². The lowest BCUT2D eigenvalue weighted by molar-refractivity contribution is -0.146. The number of carboxylic acids is 1. The van der Waals surface area contributed by atoms with Crippen molar-refractivity contribution in [3.63, 3.8) is 0 Å². The Labute approximate surface area is 105 Å². The van der Waals surface area contributed by atoms with Crippen LogP contribution in [0.1, 0.15) is 19.3 Å². The molecule has 2 rings (SSSR count). The number of aliphatic carboxylic acids is 1. The molecule has 3 atom stereocenters. The summed E-state index contributed by atoms with van der Waals surface area (Å²) in [4.78, 5) is 21.9. The number of aliphatic hydroxyl groups is 1. The van der Waals surface area contributed by atoms with E-state index in [0.29, 0.717) is 12.5 Å². The minimum Gasteiger partial charge on any atom is -0.479 e. The lowest BCUT2D eigenvalue weighted by Crippen LogP contribution is -2.48. The highest BCUT2D eigenvalue weighted by Gasteiger charge is 2.41. The first kappa shape index (κ1) is 13.1. The number of carbonyl (C=O) groups excluding carboxylic acids is 1. The summed E-state index contributed by atoms with van der Waals surface area (Å²) >= 11 is 0. The predicted octanol–water partition coefficient (Wildman–Crippen LogP) is -0.701. The number of carbonyl (C=O) groups is 2. The van der Waals surface area contributed by atoms with Crippen molar-refractivity contribution < 1.29 is 24.5 Å². The number of amides is 2. The molecule has 1 saturated heterocycles. The van der Waals surface area contributed by atoms with Crippen LogP contribution in [0.5, 0.6) is 0 Å². The Morgan fingerprint density at radius 2 is 2.06 bits per heavy atom. The molecule has 18 heavy (non-hydrogen) atoms. The van der Waals surface area contributed by atoms with Gasteiger partial charge in [0.05, 0.1) is 18.7 Å². The number of ether oxygens (including phenoxy) is 1. The van der Waals surface area contributed by atoms with Gasteiger partial charge in [-0.3, -0.25) is 0 Å². The van der Waals surface area contributed by atoms with E-state index in [-0.39, 0.29) is 18.7 Å². The van der Waals surface area contributed by atoms with Gasteiger partial charge in [0.2, 0.25) is 0 Å². The highest BCUT2D eigenvalue weighted by molar-refractivity contribution is 5.76. The molecular weight excluding hydrogens is 240 g/mol. The molecule has 2 aliphatic rings. The number of urea groups is 1. The third-order valence-electron chi connectivity index (χ3n) is 3.28. The molecule has 2 fully saturated rings. The number of carboxylic acid groups (broad SMARTS) is 1. The lowest BCUT2D eigenvalue weighted by Gasteiger charge is -2.20. The van der Waals surface area contributed by atoms with Gasteiger partial charge in [0.1, 0.15) is 0 Å². The van der Waals surface area contributed by atoms with E-state index in [2.05, 4.69) is 10.6 Å². The number of rotatable bonds is 5. The number of nitrogens with one attached hydrogen (secondary N) is 2. The van der Waals surface area contributed by atoms with Crippen LogP contribution < -0.4 is 10.6 Å². The van der Waals surface area contributed by atoms with Crippen molar-refractivity contribution in [1.82, 2.24) is 10.6 Å². The summed E-state index contributed by atoms with van der Waals surface area (Å²) in [6.45, 7) is 0.340. The van der Waals surface area contributed by atoms with Gasteiger partial charge in [0.25, 0.3) is 0 Å². The standard InChI is InChI=1S/C11H18N2O5/c14-8(10(15)16)5-12-11(17)13-7-3-4-18-9(7)6-1-2-6/h6-9,14H,1-5H2,(H,15,16)(H2,12,13,17)/t7?,8-,9?/m0/s1. The Morgan fingerprint density at radius 1 is 1.33 bits per heavy atom. The molecule has 7 nitrogen and oxygen atoms in total. The second-order valence-corrected chi connectivity index (χ2v) is 4.78. The third kappa shape index (κ3) is 3.33. The lowest BCUT2D eigenvalue weighted by atomic mass is 10.1. The van der Waals surface area contributed by atoms with E-state index in [9.17, 15) is 9.59 Å². The van der Waals surface area contributed by atoms with Crippen LogP contribution in [0.15, 0.2) is 0 Å². The summed E-state index contributed by atoms with van der Waals surface area (Å²) in [6, 6.07) is -0.476. The number of hydrogen-bond donors (Lipinski definition) is 4. The van der Waals surface area contributed by atoms with Gasteiger partial charge < -0.3 is 25.6 Å². The van der Waals surface area contributed by atoms with E-state index >= 15 is 0 Å². The quantitative estimate of drug-likeness (QED) is 0.521. The first-order valence-electron chi connectivity index (χ1n) is 6.14. The molecule has 102 valence electrons. The Kier molecular flexibility index (Phi) is 4.03. The zero-order chi connectivity index (χ0) is 13.1. The Morgan fingerprint density at radius 3 is 2.67 bits per heavy atom. The molecule has 0 aromatic rings. The molecule has 2 amide bonds. The predicted molar refractivity (Wildman–Crippen MR) is 61.0 cm³/mol. The van der Waals surface area contributed by atoms with Crippen LogP contribution in [-0.4, -0.2) is 53.6 Å². The average Bonchev–Trinajstić information content (AvgIpc) is 3.07. The van der Waals surface area contributed by atoms with E-state index in [0.717, 1.165) is 19.3 Å². The van der Waals surface area contributed by atoms with Gasteiger partial charge in [-0.2, -0.15) is 0 Å². The summed E-state index contributed by atoms with van der Waals surface area (Å²) < 4.78 is 5.57. The first-order chi connectivity index (χ1) is 8.58. The fraction of sp³-hybridized carbons (Fsp3) is 0.818. The normalized spacial score (nSPS) is 28.7. The molecular formula is C11H18N2O5. The van der Waals surface area contributed by atoms with Crippen LogP contribution in [0.25, 0.3) is 0 Å². The van der Waals surface area contributed by atoms with Crippen LogP contribution in [0, 0.1) is 5.92 Å². The first-order valence-corrected chi connectivity index (χ1v) is 6.14. The minimum atomic E-state index is -1.57. The summed E-state index contributed by atoms with van der Waals surface area (Å²) in [5.74, 6) is -0.808.